The minimum absolute atomic E-state index is 0.0205. The molecule has 0 saturated carbocycles. The van der Waals surface area contributed by atoms with Crippen LogP contribution in [0.1, 0.15) is 30.6 Å². The summed E-state index contributed by atoms with van der Waals surface area (Å²) in [5.41, 5.74) is 1.84. The van der Waals surface area contributed by atoms with Gasteiger partial charge >= 0.3 is 0 Å². The first-order valence-corrected chi connectivity index (χ1v) is 5.01. The van der Waals surface area contributed by atoms with Crippen LogP contribution in [0.25, 0.3) is 0 Å². The number of imidazole rings is 1. The van der Waals surface area contributed by atoms with Crippen molar-refractivity contribution in [3.8, 4) is 0 Å². The summed E-state index contributed by atoms with van der Waals surface area (Å²) in [4.78, 5) is 4.40. The van der Waals surface area contributed by atoms with E-state index in [1.165, 1.54) is 0 Å². The molecule has 0 bridgehead atoms. The molecular weight excluding hydrogens is 176 g/mol. The molecule has 78 valence electrons. The van der Waals surface area contributed by atoms with Gasteiger partial charge in [-0.15, -0.1) is 6.58 Å². The lowest BCUT2D eigenvalue weighted by atomic mass is 10.3. The van der Waals surface area contributed by atoms with Crippen LogP contribution in [0.3, 0.4) is 0 Å². The second kappa shape index (κ2) is 4.96. The summed E-state index contributed by atoms with van der Waals surface area (Å²) in [6.45, 7) is 8.63. The molecule has 1 aromatic rings. The maximum atomic E-state index is 9.09. The van der Waals surface area contributed by atoms with Crippen molar-refractivity contribution in [3.63, 3.8) is 0 Å². The normalized spacial score (nSPS) is 10.5. The van der Waals surface area contributed by atoms with Crippen LogP contribution < -0.4 is 0 Å². The number of hydrogen-bond donors (Lipinski definition) is 1. The van der Waals surface area contributed by atoms with E-state index in [9.17, 15) is 0 Å². The highest BCUT2D eigenvalue weighted by Gasteiger charge is 2.10. The molecule has 0 aliphatic heterocycles. The van der Waals surface area contributed by atoms with E-state index >= 15 is 0 Å². The number of rotatable bonds is 5. The summed E-state index contributed by atoms with van der Waals surface area (Å²) in [5, 5.41) is 9.09. The maximum Gasteiger partial charge on any atom is 0.109 e. The van der Waals surface area contributed by atoms with Crippen LogP contribution >= 0.6 is 0 Å². The van der Waals surface area contributed by atoms with Crippen molar-refractivity contribution in [1.82, 2.24) is 9.55 Å². The first kappa shape index (κ1) is 11.0. The molecule has 0 atom stereocenters. The van der Waals surface area contributed by atoms with E-state index in [0.717, 1.165) is 36.6 Å². The molecule has 3 nitrogen and oxygen atoms in total. The summed E-state index contributed by atoms with van der Waals surface area (Å²) in [5.74, 6) is 1.05. The quantitative estimate of drug-likeness (QED) is 0.726. The number of aliphatic hydroxyl groups is 1. The van der Waals surface area contributed by atoms with Gasteiger partial charge in [0, 0.05) is 18.7 Å². The minimum atomic E-state index is 0.0205. The van der Waals surface area contributed by atoms with Crippen LogP contribution in [0.15, 0.2) is 12.7 Å². The van der Waals surface area contributed by atoms with Crippen molar-refractivity contribution in [1.29, 1.82) is 0 Å². The largest absolute Gasteiger partial charge is 0.390 e. The number of aliphatic hydroxyl groups excluding tert-OH is 1. The third-order valence-electron chi connectivity index (χ3n) is 2.33. The summed E-state index contributed by atoms with van der Waals surface area (Å²) in [6.07, 6.45) is 3.88. The first-order valence-electron chi connectivity index (χ1n) is 5.01. The molecule has 0 aliphatic rings. The molecule has 0 aliphatic carbocycles. The summed E-state index contributed by atoms with van der Waals surface area (Å²) in [6, 6.07) is 0. The zero-order valence-electron chi connectivity index (χ0n) is 8.95. The fourth-order valence-corrected chi connectivity index (χ4v) is 1.58. The zero-order chi connectivity index (χ0) is 10.6. The monoisotopic (exact) mass is 194 g/mol. The number of aryl methyl sites for hydroxylation is 1. The van der Waals surface area contributed by atoms with Crippen LogP contribution in [0.5, 0.6) is 0 Å². The number of aromatic nitrogens is 2. The van der Waals surface area contributed by atoms with Gasteiger partial charge in [-0.3, -0.25) is 0 Å². The molecule has 1 rings (SSSR count). The number of hydrogen-bond acceptors (Lipinski definition) is 2. The summed E-state index contributed by atoms with van der Waals surface area (Å²) >= 11 is 0. The Kier molecular flexibility index (Phi) is 3.89. The van der Waals surface area contributed by atoms with Crippen LogP contribution in [0.2, 0.25) is 0 Å². The van der Waals surface area contributed by atoms with Crippen molar-refractivity contribution in [3.05, 3.63) is 29.9 Å². The van der Waals surface area contributed by atoms with Gasteiger partial charge in [-0.1, -0.05) is 13.0 Å². The standard InChI is InChI=1S/C11H18N2O/c1-4-6-11-12-10(8-14)9(3)13(11)7-5-2/h5,14H,2,4,6-8H2,1,3H3. The lowest BCUT2D eigenvalue weighted by Gasteiger charge is -2.05. The van der Waals surface area contributed by atoms with Crippen LogP contribution in [0.4, 0.5) is 0 Å². The predicted molar refractivity (Wildman–Crippen MR) is 57.1 cm³/mol. The Morgan fingerprint density at radius 2 is 2.29 bits per heavy atom. The molecular formula is C11H18N2O. The SMILES string of the molecule is C=CCn1c(CCC)nc(CO)c1C. The molecule has 0 saturated heterocycles. The summed E-state index contributed by atoms with van der Waals surface area (Å²) in [7, 11) is 0. The average molecular weight is 194 g/mol. The zero-order valence-corrected chi connectivity index (χ0v) is 8.95. The lowest BCUT2D eigenvalue weighted by molar-refractivity contribution is 0.276. The lowest BCUT2D eigenvalue weighted by Crippen LogP contribution is -2.03. The third-order valence-corrected chi connectivity index (χ3v) is 2.33. The predicted octanol–water partition coefficient (Wildman–Crippen LogP) is 1.82. The molecule has 0 fully saturated rings. The van der Waals surface area contributed by atoms with Gasteiger partial charge in [-0.05, 0) is 13.3 Å². The van der Waals surface area contributed by atoms with Gasteiger partial charge in [0.15, 0.2) is 0 Å². The fraction of sp³-hybridized carbons (Fsp3) is 0.545. The van der Waals surface area contributed by atoms with Crippen LogP contribution in [-0.2, 0) is 19.6 Å². The Bertz CT molecular complexity index is 315. The van der Waals surface area contributed by atoms with E-state index in [1.54, 1.807) is 0 Å². The van der Waals surface area contributed by atoms with Crippen LogP contribution in [-0.4, -0.2) is 14.7 Å². The van der Waals surface area contributed by atoms with Gasteiger partial charge in [0.25, 0.3) is 0 Å². The Morgan fingerprint density at radius 1 is 1.57 bits per heavy atom. The summed E-state index contributed by atoms with van der Waals surface area (Å²) < 4.78 is 2.11. The molecule has 1 heterocycles. The highest BCUT2D eigenvalue weighted by molar-refractivity contribution is 5.16. The number of allylic oxidation sites excluding steroid dienone is 1. The van der Waals surface area contributed by atoms with Crippen molar-refractivity contribution in [2.75, 3.05) is 0 Å². The van der Waals surface area contributed by atoms with E-state index in [2.05, 4.69) is 23.1 Å². The van der Waals surface area contributed by atoms with Crippen molar-refractivity contribution >= 4 is 0 Å². The second-order valence-electron chi connectivity index (χ2n) is 3.37. The average Bonchev–Trinajstić information content (AvgIpc) is 2.47. The van der Waals surface area contributed by atoms with E-state index in [0.29, 0.717) is 0 Å². The van der Waals surface area contributed by atoms with E-state index in [4.69, 9.17) is 5.11 Å². The van der Waals surface area contributed by atoms with Gasteiger partial charge in [0.2, 0.25) is 0 Å². The molecule has 0 aromatic carbocycles. The maximum absolute atomic E-state index is 9.09. The molecule has 0 unspecified atom stereocenters. The topological polar surface area (TPSA) is 38.0 Å². The third kappa shape index (κ3) is 2.04. The molecule has 0 radical (unpaired) electrons. The van der Waals surface area contributed by atoms with Gasteiger partial charge in [0.1, 0.15) is 5.82 Å². The van der Waals surface area contributed by atoms with E-state index < -0.39 is 0 Å². The minimum Gasteiger partial charge on any atom is -0.390 e. The smallest absolute Gasteiger partial charge is 0.109 e. The van der Waals surface area contributed by atoms with Crippen molar-refractivity contribution in [2.45, 2.75) is 39.8 Å². The molecule has 14 heavy (non-hydrogen) atoms. The molecule has 3 heteroatoms. The van der Waals surface area contributed by atoms with Gasteiger partial charge in [-0.2, -0.15) is 0 Å². The van der Waals surface area contributed by atoms with Crippen molar-refractivity contribution < 1.29 is 5.11 Å². The molecule has 1 aromatic heterocycles. The van der Waals surface area contributed by atoms with Gasteiger partial charge in [0.05, 0.1) is 12.3 Å². The highest BCUT2D eigenvalue weighted by atomic mass is 16.3. The van der Waals surface area contributed by atoms with Crippen LogP contribution in [0, 0.1) is 6.92 Å². The highest BCUT2D eigenvalue weighted by Crippen LogP contribution is 2.12. The fourth-order valence-electron chi connectivity index (χ4n) is 1.58. The molecule has 0 amide bonds. The first-order chi connectivity index (χ1) is 6.74. The molecule has 1 N–H and O–H groups in total. The van der Waals surface area contributed by atoms with Gasteiger partial charge < -0.3 is 9.67 Å². The number of nitrogens with zero attached hydrogens (tertiary/aromatic N) is 2. The van der Waals surface area contributed by atoms with E-state index in [1.807, 2.05) is 13.0 Å². The van der Waals surface area contributed by atoms with E-state index in [-0.39, 0.29) is 6.61 Å². The molecule has 0 spiro atoms. The Morgan fingerprint density at radius 3 is 2.79 bits per heavy atom. The second-order valence-corrected chi connectivity index (χ2v) is 3.37. The Labute approximate surface area is 85.1 Å². The van der Waals surface area contributed by atoms with Gasteiger partial charge in [-0.25, -0.2) is 4.98 Å². The van der Waals surface area contributed by atoms with Crippen molar-refractivity contribution in [2.24, 2.45) is 0 Å². The Balaban J connectivity index is 3.05. The Hall–Kier alpha value is -1.09.